The summed E-state index contributed by atoms with van der Waals surface area (Å²) in [7, 11) is 2.19. The fourth-order valence-electron chi connectivity index (χ4n) is 2.70. The molecule has 0 radical (unpaired) electrons. The van der Waals surface area contributed by atoms with Crippen LogP contribution in [0.1, 0.15) is 6.42 Å². The summed E-state index contributed by atoms with van der Waals surface area (Å²) in [6, 6.07) is 0.538. The zero-order valence-electron chi connectivity index (χ0n) is 8.53. The Morgan fingerprint density at radius 3 is 3.14 bits per heavy atom. The Morgan fingerprint density at radius 1 is 1.36 bits per heavy atom. The van der Waals surface area contributed by atoms with Crippen LogP contribution < -0.4 is 5.32 Å². The minimum absolute atomic E-state index is 0.538. The fraction of sp³-hybridized carbons (Fsp3) is 0.500. The van der Waals surface area contributed by atoms with E-state index in [1.54, 1.807) is 5.57 Å². The van der Waals surface area contributed by atoms with Gasteiger partial charge >= 0.3 is 0 Å². The fourth-order valence-corrected chi connectivity index (χ4v) is 2.70. The maximum Gasteiger partial charge on any atom is 0.0545 e. The van der Waals surface area contributed by atoms with Crippen molar-refractivity contribution in [2.45, 2.75) is 12.5 Å². The van der Waals surface area contributed by atoms with Crippen LogP contribution in [0, 0.1) is 5.92 Å². The number of rotatable bonds is 0. The molecule has 74 valence electrons. The van der Waals surface area contributed by atoms with Gasteiger partial charge in [-0.3, -0.25) is 0 Å². The van der Waals surface area contributed by atoms with Gasteiger partial charge in [0.2, 0.25) is 0 Å². The first kappa shape index (κ1) is 8.30. The van der Waals surface area contributed by atoms with Gasteiger partial charge in [0.15, 0.2) is 0 Å². The first-order valence-corrected chi connectivity index (χ1v) is 5.36. The molecule has 0 amide bonds. The lowest BCUT2D eigenvalue weighted by atomic mass is 9.88. The summed E-state index contributed by atoms with van der Waals surface area (Å²) < 4.78 is 0. The van der Waals surface area contributed by atoms with Crippen molar-refractivity contribution in [3.8, 4) is 0 Å². The van der Waals surface area contributed by atoms with Gasteiger partial charge in [-0.25, -0.2) is 0 Å². The number of nitrogens with zero attached hydrogens (tertiary/aromatic N) is 1. The Kier molecular flexibility index (Phi) is 1.77. The Hall–Kier alpha value is -1.02. The highest BCUT2D eigenvalue weighted by atomic mass is 15.1. The van der Waals surface area contributed by atoms with E-state index >= 15 is 0 Å². The predicted molar refractivity (Wildman–Crippen MR) is 57.8 cm³/mol. The molecule has 0 spiro atoms. The van der Waals surface area contributed by atoms with E-state index in [9.17, 15) is 0 Å². The number of nitrogens with one attached hydrogen (secondary N) is 1. The van der Waals surface area contributed by atoms with Crippen LogP contribution in [0.4, 0.5) is 0 Å². The quantitative estimate of drug-likeness (QED) is 0.616. The van der Waals surface area contributed by atoms with Crippen LogP contribution in [0.5, 0.6) is 0 Å². The van der Waals surface area contributed by atoms with Crippen molar-refractivity contribution in [3.05, 3.63) is 35.6 Å². The molecule has 0 fully saturated rings. The Morgan fingerprint density at radius 2 is 2.21 bits per heavy atom. The molecule has 2 unspecified atom stereocenters. The maximum absolute atomic E-state index is 3.63. The molecule has 2 atom stereocenters. The van der Waals surface area contributed by atoms with Crippen LogP contribution in [0.15, 0.2) is 35.6 Å². The molecule has 0 bridgehead atoms. The summed E-state index contributed by atoms with van der Waals surface area (Å²) in [5.74, 6) is 0.642. The highest BCUT2D eigenvalue weighted by molar-refractivity contribution is 5.37. The lowest BCUT2D eigenvalue weighted by Crippen LogP contribution is -2.31. The monoisotopic (exact) mass is 188 g/mol. The molecule has 0 aromatic carbocycles. The Bertz CT molecular complexity index is 338. The molecular weight excluding hydrogens is 172 g/mol. The average Bonchev–Trinajstić information content (AvgIpc) is 2.54. The largest absolute Gasteiger partial charge is 0.380 e. The third-order valence-corrected chi connectivity index (χ3v) is 3.46. The third kappa shape index (κ3) is 1.14. The summed E-state index contributed by atoms with van der Waals surface area (Å²) in [6.45, 7) is 2.31. The van der Waals surface area contributed by atoms with Gasteiger partial charge in [-0.05, 0) is 19.0 Å². The van der Waals surface area contributed by atoms with Crippen LogP contribution in [-0.2, 0) is 0 Å². The van der Waals surface area contributed by atoms with E-state index in [0.717, 1.165) is 6.54 Å². The molecule has 0 aromatic heterocycles. The van der Waals surface area contributed by atoms with Crippen molar-refractivity contribution in [3.63, 3.8) is 0 Å². The summed E-state index contributed by atoms with van der Waals surface area (Å²) >= 11 is 0. The number of allylic oxidation sites excluding steroid dienone is 2. The minimum atomic E-state index is 0.538. The molecule has 0 saturated heterocycles. The molecular formula is C12H16N2. The van der Waals surface area contributed by atoms with Gasteiger partial charge in [0.05, 0.1) is 6.04 Å². The minimum Gasteiger partial charge on any atom is -0.380 e. The van der Waals surface area contributed by atoms with E-state index < -0.39 is 0 Å². The summed E-state index contributed by atoms with van der Waals surface area (Å²) in [6.07, 6.45) is 10.2. The van der Waals surface area contributed by atoms with Crippen LogP contribution in [0.25, 0.3) is 0 Å². The molecule has 0 saturated carbocycles. The number of fused-ring (bicyclic) bond motifs is 2. The number of likely N-dealkylation sites (N-methyl/N-ethyl adjacent to an activating group) is 1. The molecule has 3 rings (SSSR count). The second-order valence-corrected chi connectivity index (χ2v) is 4.46. The van der Waals surface area contributed by atoms with Crippen LogP contribution in [0.3, 0.4) is 0 Å². The van der Waals surface area contributed by atoms with Crippen molar-refractivity contribution in [2.24, 2.45) is 5.92 Å². The van der Waals surface area contributed by atoms with E-state index in [2.05, 4.69) is 41.6 Å². The van der Waals surface area contributed by atoms with E-state index in [1.165, 1.54) is 18.7 Å². The molecule has 1 aliphatic carbocycles. The molecule has 2 heteroatoms. The van der Waals surface area contributed by atoms with Gasteiger partial charge in [0.1, 0.15) is 0 Å². The van der Waals surface area contributed by atoms with Gasteiger partial charge < -0.3 is 10.2 Å². The summed E-state index contributed by atoms with van der Waals surface area (Å²) in [5, 5.41) is 3.63. The molecule has 2 nitrogen and oxygen atoms in total. The molecule has 2 heterocycles. The highest BCUT2D eigenvalue weighted by Crippen LogP contribution is 2.34. The standard InChI is InChI=1S/C12H16N2/c1-14-7-6-10-9-4-2-3-5-11(9)13-12(10)8-14/h2-5,9,11,13H,6-8H2,1H3. The van der Waals surface area contributed by atoms with Crippen molar-refractivity contribution in [1.29, 1.82) is 0 Å². The van der Waals surface area contributed by atoms with Gasteiger partial charge in [0.25, 0.3) is 0 Å². The SMILES string of the molecule is CN1CCC2=C(C1)NC1C=CC=CC21. The van der Waals surface area contributed by atoms with Crippen molar-refractivity contribution < 1.29 is 0 Å². The maximum atomic E-state index is 3.63. The van der Waals surface area contributed by atoms with Gasteiger partial charge in [-0.1, -0.05) is 24.3 Å². The Balaban J connectivity index is 1.91. The van der Waals surface area contributed by atoms with E-state index in [0.29, 0.717) is 12.0 Å². The highest BCUT2D eigenvalue weighted by Gasteiger charge is 2.33. The predicted octanol–water partition coefficient (Wildman–Crippen LogP) is 1.29. The van der Waals surface area contributed by atoms with E-state index in [4.69, 9.17) is 0 Å². The van der Waals surface area contributed by atoms with Crippen LogP contribution in [0.2, 0.25) is 0 Å². The molecule has 14 heavy (non-hydrogen) atoms. The van der Waals surface area contributed by atoms with Crippen molar-refractivity contribution in [1.82, 2.24) is 10.2 Å². The van der Waals surface area contributed by atoms with Crippen molar-refractivity contribution >= 4 is 0 Å². The number of hydrogen-bond donors (Lipinski definition) is 1. The Labute approximate surface area is 85.0 Å². The second kappa shape index (κ2) is 2.99. The zero-order valence-corrected chi connectivity index (χ0v) is 8.53. The second-order valence-electron chi connectivity index (χ2n) is 4.46. The first-order valence-electron chi connectivity index (χ1n) is 5.36. The average molecular weight is 188 g/mol. The zero-order chi connectivity index (χ0) is 9.54. The normalized spacial score (nSPS) is 35.5. The molecule has 2 aliphatic heterocycles. The van der Waals surface area contributed by atoms with Crippen LogP contribution >= 0.6 is 0 Å². The summed E-state index contributed by atoms with van der Waals surface area (Å²) in [4.78, 5) is 2.39. The van der Waals surface area contributed by atoms with Gasteiger partial charge in [0, 0.05) is 24.7 Å². The van der Waals surface area contributed by atoms with Gasteiger partial charge in [-0.15, -0.1) is 0 Å². The lowest BCUT2D eigenvalue weighted by Gasteiger charge is -2.24. The van der Waals surface area contributed by atoms with Crippen molar-refractivity contribution in [2.75, 3.05) is 20.1 Å². The molecule has 3 aliphatic rings. The molecule has 1 N–H and O–H groups in total. The van der Waals surface area contributed by atoms with Crippen LogP contribution in [-0.4, -0.2) is 31.1 Å². The third-order valence-electron chi connectivity index (χ3n) is 3.46. The van der Waals surface area contributed by atoms with E-state index in [-0.39, 0.29) is 0 Å². The first-order chi connectivity index (χ1) is 6.84. The van der Waals surface area contributed by atoms with E-state index in [1.807, 2.05) is 0 Å². The smallest absolute Gasteiger partial charge is 0.0545 e. The number of hydrogen-bond acceptors (Lipinski definition) is 2. The molecule has 0 aromatic rings. The summed E-state index contributed by atoms with van der Waals surface area (Å²) in [5.41, 5.74) is 3.12. The topological polar surface area (TPSA) is 15.3 Å². The lowest BCUT2D eigenvalue weighted by molar-refractivity contribution is 0.343. The van der Waals surface area contributed by atoms with Gasteiger partial charge in [-0.2, -0.15) is 0 Å².